The van der Waals surface area contributed by atoms with E-state index in [1.807, 2.05) is 72.8 Å². The summed E-state index contributed by atoms with van der Waals surface area (Å²) in [6.45, 7) is 0.388. The van der Waals surface area contributed by atoms with Crippen LogP contribution in [0.15, 0.2) is 72.8 Å². The van der Waals surface area contributed by atoms with E-state index in [1.165, 1.54) is 0 Å². The van der Waals surface area contributed by atoms with Gasteiger partial charge in [-0.3, -0.25) is 14.9 Å². The highest BCUT2D eigenvalue weighted by molar-refractivity contribution is 6.03. The number of aliphatic carboxylic acids is 1. The van der Waals surface area contributed by atoms with Gasteiger partial charge in [-0.1, -0.05) is 66.7 Å². The Bertz CT molecular complexity index is 904. The lowest BCUT2D eigenvalue weighted by molar-refractivity contribution is -0.141. The lowest BCUT2D eigenvalue weighted by Crippen LogP contribution is -2.39. The molecule has 0 saturated heterocycles. The zero-order valence-electron chi connectivity index (χ0n) is 14.2. The molecule has 0 heterocycles. The van der Waals surface area contributed by atoms with Gasteiger partial charge in [-0.15, -0.1) is 0 Å². The zero-order valence-corrected chi connectivity index (χ0v) is 14.2. The van der Waals surface area contributed by atoms with Gasteiger partial charge >= 0.3 is 5.97 Å². The van der Waals surface area contributed by atoms with Gasteiger partial charge in [0.1, 0.15) is 6.04 Å². The van der Waals surface area contributed by atoms with Crippen molar-refractivity contribution < 1.29 is 14.7 Å². The number of nitrogens with one attached hydrogen (secondary N) is 2. The summed E-state index contributed by atoms with van der Waals surface area (Å²) in [5.41, 5.74) is 1.65. The number of carboxylic acids is 1. The molecule has 3 N–H and O–H groups in total. The highest BCUT2D eigenvalue weighted by Crippen LogP contribution is 2.23. The fraction of sp³-hybridized carbons (Fsp3) is 0.143. The van der Waals surface area contributed by atoms with E-state index in [0.717, 1.165) is 16.3 Å². The second kappa shape index (κ2) is 8.27. The molecule has 0 unspecified atom stereocenters. The summed E-state index contributed by atoms with van der Waals surface area (Å²) in [7, 11) is 0. The van der Waals surface area contributed by atoms with Crippen LogP contribution in [-0.2, 0) is 16.1 Å². The Labute approximate surface area is 151 Å². The first kappa shape index (κ1) is 17.6. The molecule has 3 aromatic carbocycles. The van der Waals surface area contributed by atoms with E-state index in [9.17, 15) is 14.7 Å². The average Bonchev–Trinajstić information content (AvgIpc) is 2.66. The monoisotopic (exact) mass is 348 g/mol. The SMILES string of the molecule is O=C(C[C@H](NCc1ccccc1)C(=O)O)Nc1cccc2ccccc12. The Kier molecular flexibility index (Phi) is 5.61. The van der Waals surface area contributed by atoms with E-state index in [2.05, 4.69) is 10.6 Å². The number of amides is 1. The molecular formula is C21H20N2O3. The third-order valence-corrected chi connectivity index (χ3v) is 4.15. The number of hydrogen-bond acceptors (Lipinski definition) is 3. The molecule has 0 spiro atoms. The third-order valence-electron chi connectivity index (χ3n) is 4.15. The molecule has 0 aromatic heterocycles. The van der Waals surface area contributed by atoms with Crippen molar-refractivity contribution in [1.29, 1.82) is 0 Å². The minimum Gasteiger partial charge on any atom is -0.480 e. The second-order valence-electron chi connectivity index (χ2n) is 6.04. The molecule has 0 aliphatic heterocycles. The molecule has 0 bridgehead atoms. The molecular weight excluding hydrogens is 328 g/mol. The van der Waals surface area contributed by atoms with E-state index < -0.39 is 12.0 Å². The highest BCUT2D eigenvalue weighted by atomic mass is 16.4. The smallest absolute Gasteiger partial charge is 0.321 e. The van der Waals surface area contributed by atoms with Crippen molar-refractivity contribution in [2.24, 2.45) is 0 Å². The van der Waals surface area contributed by atoms with Crippen molar-refractivity contribution in [3.63, 3.8) is 0 Å². The summed E-state index contributed by atoms with van der Waals surface area (Å²) in [6.07, 6.45) is -0.147. The molecule has 5 nitrogen and oxygen atoms in total. The number of carbonyl (C=O) groups is 2. The van der Waals surface area contributed by atoms with Crippen LogP contribution < -0.4 is 10.6 Å². The van der Waals surface area contributed by atoms with Gasteiger partial charge < -0.3 is 10.4 Å². The van der Waals surface area contributed by atoms with E-state index in [1.54, 1.807) is 0 Å². The number of rotatable bonds is 7. The summed E-state index contributed by atoms with van der Waals surface area (Å²) < 4.78 is 0. The molecule has 0 saturated carbocycles. The summed E-state index contributed by atoms with van der Waals surface area (Å²) in [5.74, 6) is -1.39. The minimum atomic E-state index is -1.05. The number of carboxylic acid groups (broad SMARTS) is 1. The molecule has 0 aliphatic carbocycles. The van der Waals surface area contributed by atoms with Gasteiger partial charge in [0.2, 0.25) is 5.91 Å². The largest absolute Gasteiger partial charge is 0.480 e. The Balaban J connectivity index is 1.65. The number of carbonyl (C=O) groups excluding carboxylic acids is 1. The normalized spacial score (nSPS) is 11.8. The molecule has 1 amide bonds. The van der Waals surface area contributed by atoms with Crippen LogP contribution >= 0.6 is 0 Å². The molecule has 0 fully saturated rings. The zero-order chi connectivity index (χ0) is 18.4. The maximum Gasteiger partial charge on any atom is 0.321 e. The Morgan fingerprint density at radius 2 is 1.58 bits per heavy atom. The van der Waals surface area contributed by atoms with Gasteiger partial charge in [-0.2, -0.15) is 0 Å². The molecule has 3 rings (SSSR count). The molecule has 5 heteroatoms. The highest BCUT2D eigenvalue weighted by Gasteiger charge is 2.21. The first-order valence-corrected chi connectivity index (χ1v) is 8.41. The summed E-state index contributed by atoms with van der Waals surface area (Å²) in [6, 6.07) is 21.9. The lowest BCUT2D eigenvalue weighted by Gasteiger charge is -2.15. The Morgan fingerprint density at radius 1 is 0.885 bits per heavy atom. The van der Waals surface area contributed by atoms with Crippen LogP contribution in [0.1, 0.15) is 12.0 Å². The molecule has 26 heavy (non-hydrogen) atoms. The van der Waals surface area contributed by atoms with Crippen molar-refractivity contribution in [2.45, 2.75) is 19.0 Å². The van der Waals surface area contributed by atoms with E-state index >= 15 is 0 Å². The molecule has 1 atom stereocenters. The van der Waals surface area contributed by atoms with Gasteiger partial charge in [0.15, 0.2) is 0 Å². The van der Waals surface area contributed by atoms with Crippen LogP contribution in [-0.4, -0.2) is 23.0 Å². The quantitative estimate of drug-likeness (QED) is 0.611. The first-order chi connectivity index (χ1) is 12.6. The second-order valence-corrected chi connectivity index (χ2v) is 6.04. The number of fused-ring (bicyclic) bond motifs is 1. The van der Waals surface area contributed by atoms with Gasteiger partial charge in [0.05, 0.1) is 6.42 Å². The maximum atomic E-state index is 12.4. The van der Waals surface area contributed by atoms with Gasteiger partial charge in [0.25, 0.3) is 0 Å². The van der Waals surface area contributed by atoms with Crippen LogP contribution in [0.3, 0.4) is 0 Å². The summed E-state index contributed by atoms with van der Waals surface area (Å²) in [5, 5.41) is 17.1. The molecule has 0 aliphatic rings. The van der Waals surface area contributed by atoms with E-state index in [0.29, 0.717) is 12.2 Å². The van der Waals surface area contributed by atoms with Crippen LogP contribution in [0.25, 0.3) is 10.8 Å². The van der Waals surface area contributed by atoms with E-state index in [4.69, 9.17) is 0 Å². The molecule has 0 radical (unpaired) electrons. The van der Waals surface area contributed by atoms with Crippen LogP contribution in [0.5, 0.6) is 0 Å². The Hall–Kier alpha value is -3.18. The van der Waals surface area contributed by atoms with Crippen molar-refractivity contribution >= 4 is 28.3 Å². The van der Waals surface area contributed by atoms with Crippen LogP contribution in [0.2, 0.25) is 0 Å². The fourth-order valence-electron chi connectivity index (χ4n) is 2.80. The van der Waals surface area contributed by atoms with Crippen molar-refractivity contribution in [2.75, 3.05) is 5.32 Å². The van der Waals surface area contributed by atoms with Crippen LogP contribution in [0.4, 0.5) is 5.69 Å². The third kappa shape index (κ3) is 4.46. The van der Waals surface area contributed by atoms with Gasteiger partial charge in [-0.05, 0) is 17.0 Å². The standard InChI is InChI=1S/C21H20N2O3/c24-20(23-18-12-6-10-16-9-4-5-11-17(16)18)13-19(21(25)26)22-14-15-7-2-1-3-8-15/h1-12,19,22H,13-14H2,(H,23,24)(H,25,26)/t19-/m0/s1. The number of benzene rings is 3. The predicted molar refractivity (Wildman–Crippen MR) is 102 cm³/mol. The minimum absolute atomic E-state index is 0.147. The predicted octanol–water partition coefficient (Wildman–Crippen LogP) is 3.41. The first-order valence-electron chi connectivity index (χ1n) is 8.41. The Morgan fingerprint density at radius 3 is 2.35 bits per heavy atom. The van der Waals surface area contributed by atoms with E-state index in [-0.39, 0.29) is 12.3 Å². The number of anilines is 1. The fourth-order valence-corrected chi connectivity index (χ4v) is 2.80. The van der Waals surface area contributed by atoms with Gasteiger partial charge in [0, 0.05) is 17.6 Å². The van der Waals surface area contributed by atoms with Gasteiger partial charge in [-0.25, -0.2) is 0 Å². The average molecular weight is 348 g/mol. The summed E-state index contributed by atoms with van der Waals surface area (Å²) in [4.78, 5) is 23.8. The number of hydrogen-bond donors (Lipinski definition) is 3. The molecule has 3 aromatic rings. The topological polar surface area (TPSA) is 78.4 Å². The van der Waals surface area contributed by atoms with Crippen molar-refractivity contribution in [3.8, 4) is 0 Å². The van der Waals surface area contributed by atoms with Crippen LogP contribution in [0, 0.1) is 0 Å². The summed E-state index contributed by atoms with van der Waals surface area (Å²) >= 11 is 0. The lowest BCUT2D eigenvalue weighted by atomic mass is 10.1. The van der Waals surface area contributed by atoms with Crippen molar-refractivity contribution in [3.05, 3.63) is 78.4 Å². The maximum absolute atomic E-state index is 12.4. The van der Waals surface area contributed by atoms with Crippen molar-refractivity contribution in [1.82, 2.24) is 5.32 Å². The molecule has 132 valence electrons.